The number of aromatic nitrogens is 2. The van der Waals surface area contributed by atoms with Gasteiger partial charge in [-0.1, -0.05) is 6.07 Å². The fourth-order valence-electron chi connectivity index (χ4n) is 3.45. The molecule has 0 radical (unpaired) electrons. The molecule has 1 aromatic heterocycles. The zero-order valence-electron chi connectivity index (χ0n) is 13.8. The van der Waals surface area contributed by atoms with Gasteiger partial charge in [-0.3, -0.25) is 9.89 Å². The molecule has 0 saturated carbocycles. The van der Waals surface area contributed by atoms with Crippen LogP contribution in [0, 0.1) is 5.82 Å². The molecule has 132 valence electrons. The Labute approximate surface area is 144 Å². The molecular weight excluding hydrogens is 325 g/mol. The first-order chi connectivity index (χ1) is 12.2. The molecule has 1 amide bonds. The third kappa shape index (κ3) is 3.37. The number of fused-ring (bicyclic) bond motifs is 1. The summed E-state index contributed by atoms with van der Waals surface area (Å²) in [5.74, 6) is -0.119. The minimum atomic E-state index is -0.350. The van der Waals surface area contributed by atoms with Crippen molar-refractivity contribution in [3.8, 4) is 5.75 Å². The molecule has 1 fully saturated rings. The lowest BCUT2D eigenvalue weighted by molar-refractivity contribution is -0.00305. The van der Waals surface area contributed by atoms with Crippen LogP contribution in [0.2, 0.25) is 0 Å². The number of amides is 1. The van der Waals surface area contributed by atoms with Crippen molar-refractivity contribution in [3.63, 3.8) is 0 Å². The smallest absolute Gasteiger partial charge is 0.272 e. The number of nitrogens with zero attached hydrogens (tertiary/aromatic N) is 1. The third-order valence-corrected chi connectivity index (χ3v) is 4.71. The van der Waals surface area contributed by atoms with Crippen LogP contribution in [-0.2, 0) is 17.6 Å². The average molecular weight is 345 g/mol. The predicted molar refractivity (Wildman–Crippen MR) is 88.1 cm³/mol. The molecular formula is C18H20FN3O3. The predicted octanol–water partition coefficient (Wildman–Crippen LogP) is 2.00. The van der Waals surface area contributed by atoms with Crippen molar-refractivity contribution >= 4 is 5.91 Å². The molecule has 2 unspecified atom stereocenters. The first-order valence-electron chi connectivity index (χ1n) is 8.57. The summed E-state index contributed by atoms with van der Waals surface area (Å²) >= 11 is 0. The van der Waals surface area contributed by atoms with Crippen molar-refractivity contribution in [1.82, 2.24) is 15.5 Å². The molecule has 1 aromatic carbocycles. The summed E-state index contributed by atoms with van der Waals surface area (Å²) in [7, 11) is 0. The van der Waals surface area contributed by atoms with Crippen molar-refractivity contribution < 1.29 is 18.7 Å². The molecule has 2 N–H and O–H groups in total. The van der Waals surface area contributed by atoms with E-state index in [1.807, 2.05) is 0 Å². The highest BCUT2D eigenvalue weighted by atomic mass is 19.1. The van der Waals surface area contributed by atoms with Gasteiger partial charge < -0.3 is 14.8 Å². The standard InChI is InChI=1S/C18H20FN3O3/c19-11-3-1-4-12(9-11)25-16-7-8-24-10-15(16)20-18(23)17-13-5-2-6-14(13)21-22-17/h1,3-4,9,15-16H,2,5-8,10H2,(H,20,23)(H,21,22). The molecule has 6 nitrogen and oxygen atoms in total. The van der Waals surface area contributed by atoms with Gasteiger partial charge in [0.05, 0.1) is 19.3 Å². The van der Waals surface area contributed by atoms with Crippen molar-refractivity contribution in [2.45, 2.75) is 37.8 Å². The highest BCUT2D eigenvalue weighted by Crippen LogP contribution is 2.23. The number of ether oxygens (including phenoxy) is 2. The first kappa shape index (κ1) is 16.1. The Hall–Kier alpha value is -2.41. The van der Waals surface area contributed by atoms with Gasteiger partial charge in [0.15, 0.2) is 5.69 Å². The number of aryl methyl sites for hydroxylation is 1. The van der Waals surface area contributed by atoms with Crippen molar-refractivity contribution in [1.29, 1.82) is 0 Å². The molecule has 2 aromatic rings. The van der Waals surface area contributed by atoms with Crippen LogP contribution < -0.4 is 10.1 Å². The number of benzene rings is 1. The minimum Gasteiger partial charge on any atom is -0.488 e. The highest BCUT2D eigenvalue weighted by molar-refractivity contribution is 5.94. The van der Waals surface area contributed by atoms with Crippen LogP contribution in [0.5, 0.6) is 5.75 Å². The Morgan fingerprint density at radius 1 is 1.40 bits per heavy atom. The molecule has 2 atom stereocenters. The second-order valence-electron chi connectivity index (χ2n) is 6.44. The summed E-state index contributed by atoms with van der Waals surface area (Å²) in [6, 6.07) is 5.71. The third-order valence-electron chi connectivity index (χ3n) is 4.71. The number of carbonyl (C=O) groups excluding carboxylic acids is 1. The van der Waals surface area contributed by atoms with Crippen LogP contribution in [0.3, 0.4) is 0 Å². The minimum absolute atomic E-state index is 0.220. The van der Waals surface area contributed by atoms with Crippen molar-refractivity contribution in [3.05, 3.63) is 47.0 Å². The first-order valence-corrected chi connectivity index (χ1v) is 8.57. The van der Waals surface area contributed by atoms with E-state index in [2.05, 4.69) is 15.5 Å². The Kier molecular flexibility index (Phi) is 4.40. The average Bonchev–Trinajstić information content (AvgIpc) is 3.20. The molecule has 2 heterocycles. The lowest BCUT2D eigenvalue weighted by Crippen LogP contribution is -2.52. The summed E-state index contributed by atoms with van der Waals surface area (Å²) in [5.41, 5.74) is 2.53. The number of carbonyl (C=O) groups is 1. The maximum Gasteiger partial charge on any atom is 0.272 e. The SMILES string of the molecule is O=C(NC1COCCC1Oc1cccc(F)c1)c1n[nH]c2c1CCC2. The fourth-order valence-corrected chi connectivity index (χ4v) is 3.45. The molecule has 2 aliphatic rings. The van der Waals surface area contributed by atoms with E-state index < -0.39 is 0 Å². The largest absolute Gasteiger partial charge is 0.488 e. The number of hydrogen-bond acceptors (Lipinski definition) is 4. The van der Waals surface area contributed by atoms with Gasteiger partial charge in [0, 0.05) is 23.7 Å². The highest BCUT2D eigenvalue weighted by Gasteiger charge is 2.31. The summed E-state index contributed by atoms with van der Waals surface area (Å²) in [6.45, 7) is 0.905. The second-order valence-corrected chi connectivity index (χ2v) is 6.44. The Morgan fingerprint density at radius 2 is 2.32 bits per heavy atom. The number of hydrogen-bond donors (Lipinski definition) is 2. The van der Waals surface area contributed by atoms with Gasteiger partial charge in [0.2, 0.25) is 0 Å². The molecule has 1 saturated heterocycles. The van der Waals surface area contributed by atoms with Gasteiger partial charge in [-0.15, -0.1) is 0 Å². The van der Waals surface area contributed by atoms with Gasteiger partial charge >= 0.3 is 0 Å². The van der Waals surface area contributed by atoms with Gasteiger partial charge in [-0.2, -0.15) is 5.10 Å². The fraction of sp³-hybridized carbons (Fsp3) is 0.444. The van der Waals surface area contributed by atoms with Gasteiger partial charge in [0.25, 0.3) is 5.91 Å². The quantitative estimate of drug-likeness (QED) is 0.889. The van der Waals surface area contributed by atoms with Crippen LogP contribution in [0.25, 0.3) is 0 Å². The van der Waals surface area contributed by atoms with Gasteiger partial charge in [-0.05, 0) is 31.4 Å². The van der Waals surface area contributed by atoms with E-state index in [1.165, 1.54) is 12.1 Å². The summed E-state index contributed by atoms with van der Waals surface area (Å²) < 4.78 is 24.7. The maximum atomic E-state index is 13.4. The maximum absolute atomic E-state index is 13.4. The topological polar surface area (TPSA) is 76.2 Å². The van der Waals surface area contributed by atoms with E-state index in [1.54, 1.807) is 12.1 Å². The van der Waals surface area contributed by atoms with Crippen LogP contribution in [0.15, 0.2) is 24.3 Å². The molecule has 4 rings (SSSR count). The Bertz CT molecular complexity index is 777. The van der Waals surface area contributed by atoms with Crippen LogP contribution in [0.4, 0.5) is 4.39 Å². The molecule has 25 heavy (non-hydrogen) atoms. The number of H-pyrrole nitrogens is 1. The zero-order valence-corrected chi connectivity index (χ0v) is 13.8. The van der Waals surface area contributed by atoms with Gasteiger partial charge in [-0.25, -0.2) is 4.39 Å². The monoisotopic (exact) mass is 345 g/mol. The van der Waals surface area contributed by atoms with Crippen LogP contribution in [0.1, 0.15) is 34.6 Å². The van der Waals surface area contributed by atoms with Crippen LogP contribution in [-0.4, -0.2) is 41.5 Å². The van der Waals surface area contributed by atoms with E-state index in [9.17, 15) is 9.18 Å². The normalized spacial score (nSPS) is 22.4. The van der Waals surface area contributed by atoms with Crippen LogP contribution >= 0.6 is 0 Å². The number of aromatic amines is 1. The lowest BCUT2D eigenvalue weighted by Gasteiger charge is -2.32. The molecule has 0 spiro atoms. The number of rotatable bonds is 4. The van der Waals surface area contributed by atoms with E-state index in [0.717, 1.165) is 30.5 Å². The Balaban J connectivity index is 1.46. The summed E-state index contributed by atoms with van der Waals surface area (Å²) in [4.78, 5) is 12.6. The second kappa shape index (κ2) is 6.84. The van der Waals surface area contributed by atoms with E-state index in [-0.39, 0.29) is 23.9 Å². The molecule has 1 aliphatic carbocycles. The van der Waals surface area contributed by atoms with E-state index in [4.69, 9.17) is 9.47 Å². The van der Waals surface area contributed by atoms with Crippen molar-refractivity contribution in [2.24, 2.45) is 0 Å². The number of halogens is 1. The summed E-state index contributed by atoms with van der Waals surface area (Å²) in [6.07, 6.45) is 3.21. The Morgan fingerprint density at radius 3 is 3.20 bits per heavy atom. The van der Waals surface area contributed by atoms with Crippen molar-refractivity contribution in [2.75, 3.05) is 13.2 Å². The molecule has 0 bridgehead atoms. The zero-order chi connectivity index (χ0) is 17.2. The summed E-state index contributed by atoms with van der Waals surface area (Å²) in [5, 5.41) is 10.1. The molecule has 7 heteroatoms. The van der Waals surface area contributed by atoms with Gasteiger partial charge in [0.1, 0.15) is 17.7 Å². The lowest BCUT2D eigenvalue weighted by atomic mass is 10.1. The van der Waals surface area contributed by atoms with E-state index >= 15 is 0 Å². The number of nitrogens with one attached hydrogen (secondary N) is 2. The molecule has 1 aliphatic heterocycles. The van der Waals surface area contributed by atoms with E-state index in [0.29, 0.717) is 31.1 Å².